The number of methoxy groups -OCH3 is 1. The number of aromatic nitrogens is 1. The number of hydrogen-bond acceptors (Lipinski definition) is 8. The molecule has 0 fully saturated rings. The Balaban J connectivity index is 1.36. The van der Waals surface area contributed by atoms with Crippen molar-refractivity contribution in [2.45, 2.75) is 49.9 Å². The lowest BCUT2D eigenvalue weighted by Gasteiger charge is -2.28. The van der Waals surface area contributed by atoms with Crippen molar-refractivity contribution in [1.82, 2.24) is 25.8 Å². The van der Waals surface area contributed by atoms with Gasteiger partial charge in [-0.25, -0.2) is 0 Å². The Kier molecular flexibility index (Phi) is 12.9. The topological polar surface area (TPSA) is 266 Å². The van der Waals surface area contributed by atoms with E-state index in [9.17, 15) is 24.0 Å². The van der Waals surface area contributed by atoms with Crippen LogP contribution in [-0.4, -0.2) is 96.3 Å². The summed E-state index contributed by atoms with van der Waals surface area (Å²) >= 11 is 0. The van der Waals surface area contributed by atoms with Crippen molar-refractivity contribution in [3.63, 3.8) is 0 Å². The number of guanidine groups is 1. The van der Waals surface area contributed by atoms with Crippen LogP contribution >= 0.6 is 0 Å². The van der Waals surface area contributed by atoms with Crippen molar-refractivity contribution in [3.05, 3.63) is 78.0 Å². The van der Waals surface area contributed by atoms with Gasteiger partial charge < -0.3 is 53.5 Å². The highest BCUT2D eigenvalue weighted by Gasteiger charge is 2.35. The third-order valence-corrected chi connectivity index (χ3v) is 8.22. The summed E-state index contributed by atoms with van der Waals surface area (Å²) in [5.41, 5.74) is 25.1. The second kappa shape index (κ2) is 17.5. The quantitative estimate of drug-likeness (QED) is 0.0361. The number of carbonyl (C=O) groups excluding carboxylic acids is 5. The second-order valence-corrected chi connectivity index (χ2v) is 11.8. The number of hydrogen-bond donors (Lipinski definition) is 8. The van der Waals surface area contributed by atoms with Crippen LogP contribution in [0.25, 0.3) is 10.9 Å². The van der Waals surface area contributed by atoms with Gasteiger partial charge in [0.15, 0.2) is 5.96 Å². The van der Waals surface area contributed by atoms with Gasteiger partial charge in [-0.05, 0) is 48.6 Å². The van der Waals surface area contributed by atoms with E-state index in [1.54, 1.807) is 37.6 Å². The van der Waals surface area contributed by atoms with E-state index < -0.39 is 60.2 Å². The Labute approximate surface area is 289 Å². The van der Waals surface area contributed by atoms with Crippen molar-refractivity contribution in [2.24, 2.45) is 27.9 Å². The summed E-state index contributed by atoms with van der Waals surface area (Å²) in [6.45, 7) is -0.149. The van der Waals surface area contributed by atoms with E-state index in [2.05, 4.69) is 25.9 Å². The van der Waals surface area contributed by atoms with Gasteiger partial charge in [-0.1, -0.05) is 42.5 Å². The monoisotopic (exact) mass is 688 g/mol. The van der Waals surface area contributed by atoms with Gasteiger partial charge in [-0.3, -0.25) is 29.0 Å². The molecular formula is C34H44N10O6. The van der Waals surface area contributed by atoms with Crippen LogP contribution in [0.2, 0.25) is 0 Å². The first kappa shape index (κ1) is 36.9. The minimum Gasteiger partial charge on any atom is -0.497 e. The van der Waals surface area contributed by atoms with E-state index in [-0.39, 0.29) is 38.3 Å². The maximum absolute atomic E-state index is 13.5. The van der Waals surface area contributed by atoms with Crippen LogP contribution in [0.4, 0.5) is 0 Å². The van der Waals surface area contributed by atoms with Gasteiger partial charge in [0.25, 0.3) is 0 Å². The highest BCUT2D eigenvalue weighted by molar-refractivity contribution is 5.96. The van der Waals surface area contributed by atoms with Crippen molar-refractivity contribution >= 4 is 46.4 Å². The lowest BCUT2D eigenvalue weighted by molar-refractivity contribution is -0.139. The molecule has 12 N–H and O–H groups in total. The first-order chi connectivity index (χ1) is 24.0. The summed E-state index contributed by atoms with van der Waals surface area (Å²) in [5.74, 6) is -2.57. The largest absolute Gasteiger partial charge is 0.497 e. The van der Waals surface area contributed by atoms with Crippen molar-refractivity contribution in [1.29, 1.82) is 0 Å². The van der Waals surface area contributed by atoms with Crippen LogP contribution in [0.3, 0.4) is 0 Å². The normalized spacial score (nSPS) is 15.5. The maximum atomic E-state index is 13.5. The molecule has 2 aromatic carbocycles. The number of H-pyrrole nitrogens is 1. The molecule has 0 aliphatic carbocycles. The number of benzene rings is 2. The number of ether oxygens (including phenoxy) is 1. The number of carbonyl (C=O) groups is 5. The smallest absolute Gasteiger partial charge is 0.247 e. The van der Waals surface area contributed by atoms with E-state index in [0.717, 1.165) is 22.0 Å². The van der Waals surface area contributed by atoms with Gasteiger partial charge in [-0.15, -0.1) is 0 Å². The van der Waals surface area contributed by atoms with Crippen LogP contribution in [-0.2, 0) is 36.8 Å². The molecule has 50 heavy (non-hydrogen) atoms. The van der Waals surface area contributed by atoms with Crippen LogP contribution in [0, 0.1) is 0 Å². The Hall–Kier alpha value is -5.90. The average molecular weight is 689 g/mol. The van der Waals surface area contributed by atoms with Crippen LogP contribution < -0.4 is 43.6 Å². The van der Waals surface area contributed by atoms with Gasteiger partial charge in [0.05, 0.1) is 19.7 Å². The van der Waals surface area contributed by atoms with E-state index in [1.807, 2.05) is 36.4 Å². The van der Waals surface area contributed by atoms with Gasteiger partial charge in [0.2, 0.25) is 29.5 Å². The third-order valence-electron chi connectivity index (χ3n) is 8.22. The number of para-hydroxylation sites is 1. The van der Waals surface area contributed by atoms with Crippen molar-refractivity contribution in [3.8, 4) is 5.75 Å². The number of nitrogens with one attached hydrogen (secondary N) is 4. The first-order valence-corrected chi connectivity index (χ1v) is 16.1. The van der Waals surface area contributed by atoms with E-state index >= 15 is 0 Å². The molecule has 1 aliphatic rings. The summed E-state index contributed by atoms with van der Waals surface area (Å²) in [6.07, 6.45) is 5.78. The van der Waals surface area contributed by atoms with E-state index in [1.165, 1.54) is 4.90 Å². The summed E-state index contributed by atoms with van der Waals surface area (Å²) in [7, 11) is 1.56. The highest BCUT2D eigenvalue weighted by Crippen LogP contribution is 2.19. The van der Waals surface area contributed by atoms with Crippen molar-refractivity contribution in [2.75, 3.05) is 26.7 Å². The third kappa shape index (κ3) is 10.1. The Morgan fingerprint density at radius 3 is 2.44 bits per heavy atom. The Morgan fingerprint density at radius 2 is 1.74 bits per heavy atom. The SMILES string of the molecule is COc1ccc(C[C@H](N)C(=O)N2CC=C[C@H]2C(=O)N[C@@H](CCCN=C(N)N)C(=O)NCC(=O)N[C@@H](Cc2c[nH]c3ccccc23)C(N)=O)cc1. The summed E-state index contributed by atoms with van der Waals surface area (Å²) < 4.78 is 5.17. The summed E-state index contributed by atoms with van der Waals surface area (Å²) in [4.78, 5) is 73.5. The lowest BCUT2D eigenvalue weighted by Crippen LogP contribution is -2.56. The summed E-state index contributed by atoms with van der Waals surface area (Å²) in [5, 5.41) is 8.66. The lowest BCUT2D eigenvalue weighted by atomic mass is 10.0. The fourth-order valence-corrected chi connectivity index (χ4v) is 5.60. The summed E-state index contributed by atoms with van der Waals surface area (Å²) in [6, 6.07) is 10.6. The van der Waals surface area contributed by atoms with Gasteiger partial charge >= 0.3 is 0 Å². The standard InChI is InChI=1S/C34H44N10O6/c1-50-22-12-10-20(11-13-22)16-24(35)33(49)44-15-5-9-28(44)32(48)43-26(8-4-14-39-34(37)38)31(47)41-19-29(45)42-27(30(36)46)17-21-18-40-25-7-3-2-6-23(21)25/h2-3,5-7,9-13,18,24,26-28,40H,4,8,14-17,19,35H2,1H3,(H2,36,46)(H,41,47)(H,42,45)(H,43,48)(H4,37,38,39)/t24-,26-,27-,28-/m0/s1. The molecule has 2 heterocycles. The second-order valence-electron chi connectivity index (χ2n) is 11.8. The van der Waals surface area contributed by atoms with E-state index in [4.69, 9.17) is 27.7 Å². The molecule has 0 spiro atoms. The van der Waals surface area contributed by atoms with Crippen LogP contribution in [0.15, 0.2) is 71.9 Å². The molecule has 1 aromatic heterocycles. The zero-order chi connectivity index (χ0) is 36.2. The van der Waals surface area contributed by atoms with Crippen molar-refractivity contribution < 1.29 is 28.7 Å². The predicted molar refractivity (Wildman–Crippen MR) is 187 cm³/mol. The van der Waals surface area contributed by atoms with Gasteiger partial charge in [0, 0.05) is 36.6 Å². The molecule has 4 rings (SSSR count). The molecule has 3 aromatic rings. The predicted octanol–water partition coefficient (Wildman–Crippen LogP) is -1.32. The Morgan fingerprint density at radius 1 is 1.00 bits per heavy atom. The number of nitrogens with zero attached hydrogens (tertiary/aromatic N) is 2. The molecule has 16 nitrogen and oxygen atoms in total. The average Bonchev–Trinajstić information content (AvgIpc) is 3.76. The first-order valence-electron chi connectivity index (χ1n) is 16.1. The number of rotatable bonds is 17. The molecule has 5 amide bonds. The van der Waals surface area contributed by atoms with Crippen LogP contribution in [0.5, 0.6) is 5.75 Å². The highest BCUT2D eigenvalue weighted by atomic mass is 16.5. The van der Waals surface area contributed by atoms with Gasteiger partial charge in [-0.2, -0.15) is 0 Å². The number of nitrogens with two attached hydrogens (primary N) is 4. The van der Waals surface area contributed by atoms with E-state index in [0.29, 0.717) is 12.2 Å². The molecule has 266 valence electrons. The molecule has 0 unspecified atom stereocenters. The molecule has 0 saturated heterocycles. The minimum atomic E-state index is -1.11. The fourth-order valence-electron chi connectivity index (χ4n) is 5.60. The molecule has 0 saturated carbocycles. The zero-order valence-electron chi connectivity index (χ0n) is 27.8. The number of aliphatic imine (C=N–C) groups is 1. The molecule has 1 aliphatic heterocycles. The zero-order valence-corrected chi connectivity index (χ0v) is 27.8. The molecule has 0 bridgehead atoms. The van der Waals surface area contributed by atoms with Crippen LogP contribution in [0.1, 0.15) is 24.0 Å². The number of fused-ring (bicyclic) bond motifs is 1. The molecule has 16 heteroatoms. The molecular weight excluding hydrogens is 644 g/mol. The number of aromatic amines is 1. The Bertz CT molecular complexity index is 1730. The molecule has 4 atom stereocenters. The molecule has 0 radical (unpaired) electrons. The maximum Gasteiger partial charge on any atom is 0.247 e. The van der Waals surface area contributed by atoms with Gasteiger partial charge in [0.1, 0.15) is 23.9 Å². The number of primary amides is 1. The minimum absolute atomic E-state index is 0.113. The number of amides is 5. The fraction of sp³-hybridized carbons (Fsp3) is 0.353.